The molecule has 0 bridgehead atoms. The number of nitrogens with two attached hydrogens (primary N) is 1. The third-order valence-electron chi connectivity index (χ3n) is 2.72. The van der Waals surface area contributed by atoms with Gasteiger partial charge in [-0.1, -0.05) is 13.0 Å². The van der Waals surface area contributed by atoms with Crippen LogP contribution in [0.1, 0.15) is 18.9 Å². The van der Waals surface area contributed by atoms with Crippen LogP contribution in [0.2, 0.25) is 0 Å². The molecule has 4 nitrogen and oxygen atoms in total. The molecule has 0 saturated heterocycles. The van der Waals surface area contributed by atoms with Crippen molar-refractivity contribution in [2.24, 2.45) is 0 Å². The monoisotopic (exact) mass is 236 g/mol. The molecule has 1 aromatic heterocycles. The van der Waals surface area contributed by atoms with Crippen LogP contribution in [0.15, 0.2) is 18.3 Å². The number of aromatic nitrogens is 1. The zero-order valence-electron chi connectivity index (χ0n) is 11.2. The fraction of sp³-hybridized carbons (Fsp3) is 0.615. The van der Waals surface area contributed by atoms with Gasteiger partial charge in [-0.3, -0.25) is 4.90 Å². The molecule has 0 aliphatic heterocycles. The number of pyridine rings is 1. The average Bonchev–Trinajstić information content (AvgIpc) is 2.29. The van der Waals surface area contributed by atoms with Crippen LogP contribution in [0, 0.1) is 0 Å². The Labute approximate surface area is 104 Å². The van der Waals surface area contributed by atoms with Crippen LogP contribution in [0.5, 0.6) is 0 Å². The molecule has 0 aliphatic carbocycles. The summed E-state index contributed by atoms with van der Waals surface area (Å²) in [7, 11) is 4.20. The predicted molar refractivity (Wildman–Crippen MR) is 72.8 cm³/mol. The Morgan fingerprint density at radius 1 is 1.24 bits per heavy atom. The first kappa shape index (κ1) is 13.9. The first-order valence-corrected chi connectivity index (χ1v) is 6.20. The molecule has 1 rings (SSSR count). The van der Waals surface area contributed by atoms with E-state index >= 15 is 0 Å². The molecule has 96 valence electrons. The summed E-state index contributed by atoms with van der Waals surface area (Å²) >= 11 is 0. The fourth-order valence-corrected chi connectivity index (χ4v) is 1.75. The van der Waals surface area contributed by atoms with Crippen LogP contribution in [0.25, 0.3) is 0 Å². The topological polar surface area (TPSA) is 45.4 Å². The molecular weight excluding hydrogens is 212 g/mol. The Kier molecular flexibility index (Phi) is 5.94. The minimum Gasteiger partial charge on any atom is -0.383 e. The van der Waals surface area contributed by atoms with E-state index < -0.39 is 0 Å². The van der Waals surface area contributed by atoms with E-state index in [-0.39, 0.29) is 0 Å². The van der Waals surface area contributed by atoms with Gasteiger partial charge in [-0.2, -0.15) is 0 Å². The lowest BCUT2D eigenvalue weighted by Gasteiger charge is -2.23. The molecule has 0 unspecified atom stereocenters. The fourth-order valence-electron chi connectivity index (χ4n) is 1.75. The van der Waals surface area contributed by atoms with Crippen molar-refractivity contribution in [3.8, 4) is 0 Å². The van der Waals surface area contributed by atoms with Gasteiger partial charge < -0.3 is 10.6 Å². The Morgan fingerprint density at radius 2 is 2.00 bits per heavy atom. The highest BCUT2D eigenvalue weighted by Crippen LogP contribution is 2.10. The van der Waals surface area contributed by atoms with Gasteiger partial charge in [0.2, 0.25) is 0 Å². The smallest absolute Gasteiger partial charge is 0.127 e. The van der Waals surface area contributed by atoms with Crippen molar-refractivity contribution < 1.29 is 0 Å². The summed E-state index contributed by atoms with van der Waals surface area (Å²) in [6.45, 7) is 6.33. The van der Waals surface area contributed by atoms with Gasteiger partial charge in [-0.25, -0.2) is 4.98 Å². The van der Waals surface area contributed by atoms with E-state index in [1.54, 1.807) is 6.20 Å². The number of nitrogens with zero attached hydrogens (tertiary/aromatic N) is 3. The molecule has 1 heterocycles. The minimum absolute atomic E-state index is 0.651. The molecular formula is C13H24N4. The van der Waals surface area contributed by atoms with E-state index in [2.05, 4.69) is 41.9 Å². The van der Waals surface area contributed by atoms with Crippen LogP contribution < -0.4 is 5.73 Å². The minimum atomic E-state index is 0.651. The van der Waals surface area contributed by atoms with Crippen molar-refractivity contribution in [3.63, 3.8) is 0 Å². The van der Waals surface area contributed by atoms with Crippen LogP contribution in [0.3, 0.4) is 0 Å². The average molecular weight is 236 g/mol. The number of likely N-dealkylation sites (N-methyl/N-ethyl adjacent to an activating group) is 1. The van der Waals surface area contributed by atoms with E-state index in [1.165, 1.54) is 0 Å². The zero-order valence-corrected chi connectivity index (χ0v) is 11.2. The molecule has 0 atom stereocenters. The summed E-state index contributed by atoms with van der Waals surface area (Å²) in [5.74, 6) is 0.651. The molecule has 4 heteroatoms. The Bertz CT molecular complexity index is 325. The highest BCUT2D eigenvalue weighted by atomic mass is 15.2. The van der Waals surface area contributed by atoms with Crippen molar-refractivity contribution in [1.82, 2.24) is 14.8 Å². The molecule has 2 N–H and O–H groups in total. The lowest BCUT2D eigenvalue weighted by molar-refractivity contribution is 0.234. The first-order valence-electron chi connectivity index (χ1n) is 6.20. The maximum atomic E-state index is 5.87. The summed E-state index contributed by atoms with van der Waals surface area (Å²) in [5.41, 5.74) is 7.00. The van der Waals surface area contributed by atoms with E-state index in [0.29, 0.717) is 5.82 Å². The summed E-state index contributed by atoms with van der Waals surface area (Å²) in [6, 6.07) is 4.00. The first-order chi connectivity index (χ1) is 8.13. The van der Waals surface area contributed by atoms with E-state index in [4.69, 9.17) is 5.73 Å². The van der Waals surface area contributed by atoms with Crippen LogP contribution >= 0.6 is 0 Å². The summed E-state index contributed by atoms with van der Waals surface area (Å²) in [5, 5.41) is 0. The second kappa shape index (κ2) is 7.25. The van der Waals surface area contributed by atoms with Gasteiger partial charge in [0, 0.05) is 31.4 Å². The van der Waals surface area contributed by atoms with Crippen molar-refractivity contribution in [2.75, 3.05) is 39.5 Å². The molecule has 0 saturated carbocycles. The molecule has 17 heavy (non-hydrogen) atoms. The lowest BCUT2D eigenvalue weighted by atomic mass is 10.2. The van der Waals surface area contributed by atoms with Gasteiger partial charge in [0.05, 0.1) is 0 Å². The molecule has 0 aliphatic rings. The summed E-state index contributed by atoms with van der Waals surface area (Å²) in [6.07, 6.45) is 2.90. The number of anilines is 1. The quantitative estimate of drug-likeness (QED) is 0.778. The van der Waals surface area contributed by atoms with E-state index in [9.17, 15) is 0 Å². The third-order valence-corrected chi connectivity index (χ3v) is 2.72. The van der Waals surface area contributed by atoms with E-state index in [0.717, 1.165) is 38.2 Å². The van der Waals surface area contributed by atoms with Gasteiger partial charge >= 0.3 is 0 Å². The number of rotatable bonds is 7. The second-order valence-corrected chi connectivity index (χ2v) is 4.63. The number of nitrogen functional groups attached to an aromatic ring is 1. The van der Waals surface area contributed by atoms with Crippen molar-refractivity contribution in [1.29, 1.82) is 0 Å². The summed E-state index contributed by atoms with van der Waals surface area (Å²) < 4.78 is 0. The van der Waals surface area contributed by atoms with Gasteiger partial charge in [0.15, 0.2) is 0 Å². The Hall–Kier alpha value is -1.13. The molecule has 0 amide bonds. The van der Waals surface area contributed by atoms with E-state index in [1.807, 2.05) is 6.07 Å². The maximum absolute atomic E-state index is 5.87. The SMILES string of the molecule is CCCN(CCN(C)C)Cc1cccnc1N. The van der Waals surface area contributed by atoms with Gasteiger partial charge in [-0.05, 0) is 33.1 Å². The lowest BCUT2D eigenvalue weighted by Crippen LogP contribution is -2.32. The standard InChI is InChI=1S/C13H24N4/c1-4-8-17(10-9-16(2)3)11-12-6-5-7-15-13(12)14/h5-7H,4,8-11H2,1-3H3,(H2,14,15). The molecule has 0 aromatic carbocycles. The number of hydrogen-bond acceptors (Lipinski definition) is 4. The van der Waals surface area contributed by atoms with Crippen LogP contribution in [-0.4, -0.2) is 48.5 Å². The van der Waals surface area contributed by atoms with Crippen LogP contribution in [0.4, 0.5) is 5.82 Å². The van der Waals surface area contributed by atoms with Gasteiger partial charge in [0.25, 0.3) is 0 Å². The van der Waals surface area contributed by atoms with Gasteiger partial charge in [-0.15, -0.1) is 0 Å². The zero-order chi connectivity index (χ0) is 12.7. The molecule has 0 radical (unpaired) electrons. The molecule has 0 fully saturated rings. The Balaban J connectivity index is 2.56. The number of hydrogen-bond donors (Lipinski definition) is 1. The second-order valence-electron chi connectivity index (χ2n) is 4.63. The van der Waals surface area contributed by atoms with Crippen molar-refractivity contribution >= 4 is 5.82 Å². The van der Waals surface area contributed by atoms with Crippen molar-refractivity contribution in [2.45, 2.75) is 19.9 Å². The molecule has 0 spiro atoms. The van der Waals surface area contributed by atoms with Gasteiger partial charge in [0.1, 0.15) is 5.82 Å². The third kappa shape index (κ3) is 5.15. The normalized spacial score (nSPS) is 11.4. The summed E-state index contributed by atoms with van der Waals surface area (Å²) in [4.78, 5) is 8.76. The molecule has 1 aromatic rings. The highest BCUT2D eigenvalue weighted by molar-refractivity contribution is 5.38. The highest BCUT2D eigenvalue weighted by Gasteiger charge is 2.07. The Morgan fingerprint density at radius 3 is 2.59 bits per heavy atom. The van der Waals surface area contributed by atoms with Crippen LogP contribution in [-0.2, 0) is 6.54 Å². The largest absolute Gasteiger partial charge is 0.383 e. The predicted octanol–water partition coefficient (Wildman–Crippen LogP) is 1.44. The maximum Gasteiger partial charge on any atom is 0.127 e. The van der Waals surface area contributed by atoms with Crippen molar-refractivity contribution in [3.05, 3.63) is 23.9 Å².